The SMILES string of the molecule is CC(C)(C)OC(=O)N[C@@H](Cc1ccccc1)[C@@H](O)CN(C(=O)OCc1ccccc1)[C@@H](Cc1ccccc1)C(N)=O. The largest absolute Gasteiger partial charge is 0.445 e. The van der Waals surface area contributed by atoms with Crippen molar-refractivity contribution in [2.24, 2.45) is 5.73 Å². The molecule has 0 aromatic heterocycles. The lowest BCUT2D eigenvalue weighted by atomic mass is 9.99. The van der Waals surface area contributed by atoms with Crippen molar-refractivity contribution in [3.8, 4) is 0 Å². The van der Waals surface area contributed by atoms with Gasteiger partial charge in [-0.25, -0.2) is 9.59 Å². The van der Waals surface area contributed by atoms with Crippen LogP contribution in [0.1, 0.15) is 37.5 Å². The van der Waals surface area contributed by atoms with Crippen LogP contribution in [0.4, 0.5) is 9.59 Å². The molecule has 4 N–H and O–H groups in total. The molecule has 0 aliphatic heterocycles. The molecule has 3 amide bonds. The van der Waals surface area contributed by atoms with E-state index in [9.17, 15) is 19.5 Å². The number of benzene rings is 3. The molecule has 218 valence electrons. The summed E-state index contributed by atoms with van der Waals surface area (Å²) >= 11 is 0. The van der Waals surface area contributed by atoms with Crippen molar-refractivity contribution in [1.29, 1.82) is 0 Å². The molecule has 3 atom stereocenters. The van der Waals surface area contributed by atoms with Crippen LogP contribution in [0.5, 0.6) is 0 Å². The van der Waals surface area contributed by atoms with Gasteiger partial charge in [0.25, 0.3) is 0 Å². The van der Waals surface area contributed by atoms with Crippen molar-refractivity contribution in [2.45, 2.75) is 64.0 Å². The van der Waals surface area contributed by atoms with Crippen LogP contribution in [0.15, 0.2) is 91.0 Å². The highest BCUT2D eigenvalue weighted by Crippen LogP contribution is 2.16. The summed E-state index contributed by atoms with van der Waals surface area (Å²) in [6, 6.07) is 25.6. The van der Waals surface area contributed by atoms with E-state index in [2.05, 4.69) is 5.32 Å². The molecule has 3 rings (SSSR count). The summed E-state index contributed by atoms with van der Waals surface area (Å²) in [5.41, 5.74) is 7.42. The van der Waals surface area contributed by atoms with E-state index >= 15 is 0 Å². The maximum Gasteiger partial charge on any atom is 0.410 e. The summed E-state index contributed by atoms with van der Waals surface area (Å²) in [5, 5.41) is 14.2. The molecule has 9 nitrogen and oxygen atoms in total. The Kier molecular flexibility index (Phi) is 11.3. The maximum atomic E-state index is 13.5. The minimum absolute atomic E-state index is 0.0350. The third-order valence-electron chi connectivity index (χ3n) is 6.26. The van der Waals surface area contributed by atoms with E-state index in [0.29, 0.717) is 0 Å². The second-order valence-corrected chi connectivity index (χ2v) is 10.8. The first kappa shape index (κ1) is 31.2. The second kappa shape index (κ2) is 14.9. The predicted octanol–water partition coefficient (Wildman–Crippen LogP) is 4.22. The third kappa shape index (κ3) is 10.6. The van der Waals surface area contributed by atoms with Gasteiger partial charge in [0, 0.05) is 6.42 Å². The van der Waals surface area contributed by atoms with Gasteiger partial charge in [0.15, 0.2) is 0 Å². The number of nitrogens with one attached hydrogen (secondary N) is 1. The van der Waals surface area contributed by atoms with E-state index < -0.39 is 41.9 Å². The quantitative estimate of drug-likeness (QED) is 0.304. The minimum Gasteiger partial charge on any atom is -0.445 e. The van der Waals surface area contributed by atoms with Gasteiger partial charge in [-0.1, -0.05) is 91.0 Å². The standard InChI is InChI=1S/C32H39N3O6/c1-32(2,3)41-30(38)34-26(19-23-13-7-4-8-14-23)28(36)21-35(31(39)40-22-25-17-11-6-12-18-25)27(29(33)37)20-24-15-9-5-10-16-24/h4-18,26-28,36H,19-22H2,1-3H3,(H2,33,37)(H,34,38)/t26-,27-,28-/m0/s1. The number of nitrogens with zero attached hydrogens (tertiary/aromatic N) is 1. The summed E-state index contributed by atoms with van der Waals surface area (Å²) in [7, 11) is 0. The number of amides is 3. The Morgan fingerprint density at radius 3 is 1.80 bits per heavy atom. The van der Waals surface area contributed by atoms with Crippen LogP contribution < -0.4 is 11.1 Å². The van der Waals surface area contributed by atoms with Crippen molar-refractivity contribution >= 4 is 18.1 Å². The molecule has 0 unspecified atom stereocenters. The average molecular weight is 562 g/mol. The van der Waals surface area contributed by atoms with Crippen molar-refractivity contribution in [3.05, 3.63) is 108 Å². The van der Waals surface area contributed by atoms with Crippen LogP contribution in [0, 0.1) is 0 Å². The molecule has 0 saturated heterocycles. The highest BCUT2D eigenvalue weighted by Gasteiger charge is 2.34. The van der Waals surface area contributed by atoms with Crippen LogP contribution >= 0.6 is 0 Å². The normalized spacial score (nSPS) is 13.4. The number of rotatable bonds is 12. The molecule has 0 aliphatic carbocycles. The zero-order valence-electron chi connectivity index (χ0n) is 23.7. The number of alkyl carbamates (subject to hydrolysis) is 1. The van der Waals surface area contributed by atoms with Crippen molar-refractivity contribution in [2.75, 3.05) is 6.54 Å². The first-order chi connectivity index (χ1) is 19.5. The Labute approximate surface area is 241 Å². The van der Waals surface area contributed by atoms with Gasteiger partial charge < -0.3 is 25.6 Å². The molecule has 41 heavy (non-hydrogen) atoms. The van der Waals surface area contributed by atoms with Gasteiger partial charge in [0.05, 0.1) is 18.7 Å². The van der Waals surface area contributed by atoms with Gasteiger partial charge in [-0.2, -0.15) is 0 Å². The van der Waals surface area contributed by atoms with E-state index in [0.717, 1.165) is 21.6 Å². The van der Waals surface area contributed by atoms with E-state index in [4.69, 9.17) is 15.2 Å². The molecule has 3 aromatic rings. The molecule has 0 fully saturated rings. The highest BCUT2D eigenvalue weighted by molar-refractivity contribution is 5.84. The number of aliphatic hydroxyl groups excluding tert-OH is 1. The van der Waals surface area contributed by atoms with Crippen molar-refractivity contribution in [1.82, 2.24) is 10.2 Å². The minimum atomic E-state index is -1.30. The van der Waals surface area contributed by atoms with Crippen LogP contribution in [0.3, 0.4) is 0 Å². The summed E-state index contributed by atoms with van der Waals surface area (Å²) < 4.78 is 11.0. The fraction of sp³-hybridized carbons (Fsp3) is 0.344. The monoisotopic (exact) mass is 561 g/mol. The number of hydrogen-bond acceptors (Lipinski definition) is 6. The average Bonchev–Trinajstić information content (AvgIpc) is 2.93. The fourth-order valence-electron chi connectivity index (χ4n) is 4.27. The number of primary amides is 1. The molecular weight excluding hydrogens is 522 g/mol. The van der Waals surface area contributed by atoms with Crippen LogP contribution in [0.2, 0.25) is 0 Å². The third-order valence-corrected chi connectivity index (χ3v) is 6.26. The topological polar surface area (TPSA) is 131 Å². The first-order valence-corrected chi connectivity index (χ1v) is 13.5. The Balaban J connectivity index is 1.88. The molecule has 0 heterocycles. The summed E-state index contributed by atoms with van der Waals surface area (Å²) in [4.78, 5) is 40.0. The molecule has 0 bridgehead atoms. The number of nitrogens with two attached hydrogens (primary N) is 1. The molecule has 0 spiro atoms. The lowest BCUT2D eigenvalue weighted by Gasteiger charge is -2.34. The molecule has 0 radical (unpaired) electrons. The number of carbonyl (C=O) groups is 3. The zero-order valence-corrected chi connectivity index (χ0v) is 23.7. The van der Waals surface area contributed by atoms with Crippen LogP contribution in [-0.4, -0.2) is 58.4 Å². The van der Waals surface area contributed by atoms with Gasteiger partial charge >= 0.3 is 12.2 Å². The van der Waals surface area contributed by atoms with Gasteiger partial charge in [0.2, 0.25) is 5.91 Å². The van der Waals surface area contributed by atoms with E-state index in [1.54, 1.807) is 20.8 Å². The second-order valence-electron chi connectivity index (χ2n) is 10.8. The molecule has 0 aliphatic rings. The number of hydrogen-bond donors (Lipinski definition) is 3. The number of ether oxygens (including phenoxy) is 2. The summed E-state index contributed by atoms with van der Waals surface area (Å²) in [5.74, 6) is -0.752. The Hall–Kier alpha value is -4.37. The molecule has 0 saturated carbocycles. The first-order valence-electron chi connectivity index (χ1n) is 13.5. The van der Waals surface area contributed by atoms with Gasteiger partial charge in [-0.3, -0.25) is 9.69 Å². The highest BCUT2D eigenvalue weighted by atomic mass is 16.6. The van der Waals surface area contributed by atoms with Crippen molar-refractivity contribution in [3.63, 3.8) is 0 Å². The lowest BCUT2D eigenvalue weighted by molar-refractivity contribution is -0.123. The Morgan fingerprint density at radius 1 is 0.829 bits per heavy atom. The smallest absolute Gasteiger partial charge is 0.410 e. The Bertz CT molecular complexity index is 1250. The van der Waals surface area contributed by atoms with E-state index in [-0.39, 0.29) is 26.0 Å². The Morgan fingerprint density at radius 2 is 1.32 bits per heavy atom. The zero-order chi connectivity index (χ0) is 29.8. The molecule has 3 aromatic carbocycles. The molecular formula is C32H39N3O6. The van der Waals surface area contributed by atoms with Gasteiger partial charge in [-0.15, -0.1) is 0 Å². The van der Waals surface area contributed by atoms with E-state index in [1.165, 1.54) is 0 Å². The lowest BCUT2D eigenvalue weighted by Crippen LogP contribution is -2.56. The van der Waals surface area contributed by atoms with Crippen LogP contribution in [0.25, 0.3) is 0 Å². The van der Waals surface area contributed by atoms with Gasteiger partial charge in [-0.05, 0) is 43.9 Å². The fourth-order valence-corrected chi connectivity index (χ4v) is 4.27. The number of carbonyl (C=O) groups excluding carboxylic acids is 3. The maximum absolute atomic E-state index is 13.5. The predicted molar refractivity (Wildman–Crippen MR) is 156 cm³/mol. The summed E-state index contributed by atoms with van der Waals surface area (Å²) in [6.07, 6.45) is -2.47. The molecule has 9 heteroatoms. The number of aliphatic hydroxyl groups is 1. The van der Waals surface area contributed by atoms with Crippen LogP contribution in [-0.2, 0) is 33.7 Å². The summed E-state index contributed by atoms with van der Waals surface area (Å²) in [6.45, 7) is 4.84. The van der Waals surface area contributed by atoms with Gasteiger partial charge in [0.1, 0.15) is 18.2 Å². The van der Waals surface area contributed by atoms with Crippen molar-refractivity contribution < 1.29 is 29.0 Å². The van der Waals surface area contributed by atoms with E-state index in [1.807, 2.05) is 91.0 Å².